The molecule has 0 bridgehead atoms. The van der Waals surface area contributed by atoms with E-state index in [-0.39, 0.29) is 11.4 Å². The predicted molar refractivity (Wildman–Crippen MR) is 57.2 cm³/mol. The number of imidazole rings is 1. The topological polar surface area (TPSA) is 69.9 Å². The molecule has 2 aromatic rings. The highest BCUT2D eigenvalue weighted by atomic mass is 35.5. The van der Waals surface area contributed by atoms with Crippen LogP contribution in [0.25, 0.3) is 11.3 Å². The van der Waals surface area contributed by atoms with Crippen molar-refractivity contribution < 1.29 is 4.39 Å². The van der Waals surface area contributed by atoms with Crippen molar-refractivity contribution in [3.63, 3.8) is 0 Å². The Morgan fingerprint density at radius 3 is 2.67 bits per heavy atom. The van der Waals surface area contributed by atoms with Gasteiger partial charge in [-0.1, -0.05) is 11.6 Å². The van der Waals surface area contributed by atoms with Crippen LogP contribution in [0.3, 0.4) is 0 Å². The zero-order valence-corrected chi connectivity index (χ0v) is 8.37. The SMILES string of the molecule is Nc1c(-c2ccc(Cl)cc2F)ncn1N. The molecule has 0 atom stereocenters. The molecule has 0 aliphatic heterocycles. The molecule has 1 heterocycles. The van der Waals surface area contributed by atoms with Crippen molar-refractivity contribution in [2.45, 2.75) is 0 Å². The number of nitrogens with two attached hydrogens (primary N) is 2. The van der Waals surface area contributed by atoms with Gasteiger partial charge in [-0.15, -0.1) is 0 Å². The second kappa shape index (κ2) is 3.43. The van der Waals surface area contributed by atoms with E-state index in [1.165, 1.54) is 18.5 Å². The highest BCUT2D eigenvalue weighted by Crippen LogP contribution is 2.27. The number of nitrogens with zero attached hydrogens (tertiary/aromatic N) is 2. The predicted octanol–water partition coefficient (Wildman–Crippen LogP) is 1.64. The van der Waals surface area contributed by atoms with E-state index < -0.39 is 5.82 Å². The number of hydrogen-bond acceptors (Lipinski definition) is 3. The number of hydrogen-bond donors (Lipinski definition) is 2. The van der Waals surface area contributed by atoms with Gasteiger partial charge in [0.1, 0.15) is 17.8 Å². The molecule has 0 unspecified atom stereocenters. The average Bonchev–Trinajstić information content (AvgIpc) is 2.49. The summed E-state index contributed by atoms with van der Waals surface area (Å²) in [5.74, 6) is 5.16. The van der Waals surface area contributed by atoms with Crippen LogP contribution in [0.4, 0.5) is 10.2 Å². The van der Waals surface area contributed by atoms with Crippen molar-refractivity contribution in [1.82, 2.24) is 9.66 Å². The minimum atomic E-state index is -0.479. The quantitative estimate of drug-likeness (QED) is 0.727. The van der Waals surface area contributed by atoms with Crippen molar-refractivity contribution in [2.75, 3.05) is 11.6 Å². The Hall–Kier alpha value is -1.75. The lowest BCUT2D eigenvalue weighted by Crippen LogP contribution is -2.10. The van der Waals surface area contributed by atoms with Crippen molar-refractivity contribution in [3.05, 3.63) is 35.4 Å². The van der Waals surface area contributed by atoms with Gasteiger partial charge in [-0.2, -0.15) is 0 Å². The monoisotopic (exact) mass is 226 g/mol. The number of aromatic nitrogens is 2. The van der Waals surface area contributed by atoms with Gasteiger partial charge in [0.05, 0.1) is 0 Å². The largest absolute Gasteiger partial charge is 0.382 e. The van der Waals surface area contributed by atoms with E-state index in [4.69, 9.17) is 23.2 Å². The second-order valence-electron chi connectivity index (χ2n) is 3.01. The highest BCUT2D eigenvalue weighted by Gasteiger charge is 2.12. The molecule has 15 heavy (non-hydrogen) atoms. The maximum Gasteiger partial charge on any atom is 0.150 e. The third-order valence-electron chi connectivity index (χ3n) is 2.02. The fourth-order valence-corrected chi connectivity index (χ4v) is 1.42. The highest BCUT2D eigenvalue weighted by molar-refractivity contribution is 6.30. The van der Waals surface area contributed by atoms with Gasteiger partial charge >= 0.3 is 0 Å². The van der Waals surface area contributed by atoms with Gasteiger partial charge in [-0.3, -0.25) is 0 Å². The first-order valence-corrected chi connectivity index (χ1v) is 4.50. The summed E-state index contributed by atoms with van der Waals surface area (Å²) in [6, 6.07) is 4.27. The fraction of sp³-hybridized carbons (Fsp3) is 0. The zero-order valence-electron chi connectivity index (χ0n) is 7.61. The molecular formula is C9H8ClFN4. The normalized spacial score (nSPS) is 10.5. The smallest absolute Gasteiger partial charge is 0.150 e. The van der Waals surface area contributed by atoms with Crippen LogP contribution in [-0.4, -0.2) is 9.66 Å². The van der Waals surface area contributed by atoms with Gasteiger partial charge in [0.2, 0.25) is 0 Å². The first kappa shape index (κ1) is 9.79. The lowest BCUT2D eigenvalue weighted by atomic mass is 10.1. The van der Waals surface area contributed by atoms with Crippen LogP contribution >= 0.6 is 11.6 Å². The second-order valence-corrected chi connectivity index (χ2v) is 3.45. The first-order valence-electron chi connectivity index (χ1n) is 4.13. The maximum absolute atomic E-state index is 13.5. The van der Waals surface area contributed by atoms with Crippen LogP contribution in [0.5, 0.6) is 0 Å². The molecule has 4 N–H and O–H groups in total. The number of halogens is 2. The van der Waals surface area contributed by atoms with Crippen LogP contribution in [0.2, 0.25) is 5.02 Å². The van der Waals surface area contributed by atoms with Crippen molar-refractivity contribution >= 4 is 17.4 Å². The number of nitrogen functional groups attached to an aromatic ring is 2. The summed E-state index contributed by atoms with van der Waals surface area (Å²) in [7, 11) is 0. The van der Waals surface area contributed by atoms with Crippen molar-refractivity contribution in [2.24, 2.45) is 0 Å². The van der Waals surface area contributed by atoms with E-state index in [1.807, 2.05) is 0 Å². The lowest BCUT2D eigenvalue weighted by molar-refractivity contribution is 0.631. The van der Waals surface area contributed by atoms with Gasteiger partial charge in [-0.25, -0.2) is 14.1 Å². The molecule has 4 nitrogen and oxygen atoms in total. The van der Waals surface area contributed by atoms with Gasteiger partial charge < -0.3 is 11.6 Å². The molecule has 6 heteroatoms. The Balaban J connectivity index is 2.59. The average molecular weight is 227 g/mol. The summed E-state index contributed by atoms with van der Waals surface area (Å²) in [5, 5.41) is 0.321. The van der Waals surface area contributed by atoms with E-state index in [0.717, 1.165) is 4.68 Å². The lowest BCUT2D eigenvalue weighted by Gasteiger charge is -2.02. The van der Waals surface area contributed by atoms with Gasteiger partial charge in [0, 0.05) is 10.6 Å². The molecule has 0 spiro atoms. The number of rotatable bonds is 1. The fourth-order valence-electron chi connectivity index (χ4n) is 1.26. The molecule has 78 valence electrons. The van der Waals surface area contributed by atoms with Crippen LogP contribution in [-0.2, 0) is 0 Å². The molecule has 0 fully saturated rings. The van der Waals surface area contributed by atoms with Crippen molar-refractivity contribution in [3.8, 4) is 11.3 Å². The van der Waals surface area contributed by atoms with E-state index in [1.54, 1.807) is 6.07 Å². The third-order valence-corrected chi connectivity index (χ3v) is 2.25. The molecule has 0 aliphatic rings. The molecule has 0 aliphatic carbocycles. The van der Waals surface area contributed by atoms with Crippen LogP contribution in [0.1, 0.15) is 0 Å². The molecule has 0 saturated carbocycles. The molecule has 1 aromatic heterocycles. The summed E-state index contributed by atoms with van der Waals surface area (Å²) in [6.07, 6.45) is 1.32. The summed E-state index contributed by atoms with van der Waals surface area (Å²) in [6.45, 7) is 0. The number of benzene rings is 1. The summed E-state index contributed by atoms with van der Waals surface area (Å²) >= 11 is 5.63. The van der Waals surface area contributed by atoms with Gasteiger partial charge in [0.15, 0.2) is 5.82 Å². The van der Waals surface area contributed by atoms with E-state index in [0.29, 0.717) is 10.7 Å². The van der Waals surface area contributed by atoms with E-state index in [9.17, 15) is 4.39 Å². The minimum absolute atomic E-state index is 0.205. The van der Waals surface area contributed by atoms with Crippen LogP contribution < -0.4 is 11.6 Å². The summed E-state index contributed by atoms with van der Waals surface area (Å²) in [4.78, 5) is 3.91. The van der Waals surface area contributed by atoms with E-state index in [2.05, 4.69) is 4.98 Å². The van der Waals surface area contributed by atoms with Crippen molar-refractivity contribution in [1.29, 1.82) is 0 Å². The maximum atomic E-state index is 13.5. The molecule has 1 aromatic carbocycles. The number of anilines is 1. The first-order chi connectivity index (χ1) is 7.09. The van der Waals surface area contributed by atoms with Crippen LogP contribution in [0, 0.1) is 5.82 Å². The van der Waals surface area contributed by atoms with Gasteiger partial charge in [0.25, 0.3) is 0 Å². The Labute approximate surface area is 90.2 Å². The Bertz CT molecular complexity index is 509. The Morgan fingerprint density at radius 1 is 1.40 bits per heavy atom. The summed E-state index contributed by atoms with van der Waals surface area (Å²) in [5.41, 5.74) is 6.21. The molecule has 0 radical (unpaired) electrons. The standard InChI is InChI=1S/C9H8ClFN4/c10-5-1-2-6(7(11)3-5)8-9(12)15(13)4-14-8/h1-4H,12-13H2. The molecule has 0 saturated heterocycles. The van der Waals surface area contributed by atoms with Crippen LogP contribution in [0.15, 0.2) is 24.5 Å². The third kappa shape index (κ3) is 1.61. The van der Waals surface area contributed by atoms with Gasteiger partial charge in [-0.05, 0) is 18.2 Å². The zero-order chi connectivity index (χ0) is 11.0. The molecular weight excluding hydrogens is 219 g/mol. The molecule has 2 rings (SSSR count). The Morgan fingerprint density at radius 2 is 2.13 bits per heavy atom. The van der Waals surface area contributed by atoms with E-state index >= 15 is 0 Å². The Kier molecular flexibility index (Phi) is 2.24. The minimum Gasteiger partial charge on any atom is -0.382 e. The molecule has 0 amide bonds. The summed E-state index contributed by atoms with van der Waals surface area (Å²) < 4.78 is 14.6.